The van der Waals surface area contributed by atoms with Gasteiger partial charge in [-0.1, -0.05) is 63.5 Å². The molecule has 0 saturated carbocycles. The van der Waals surface area contributed by atoms with Crippen LogP contribution in [0, 0.1) is 0 Å². The van der Waals surface area contributed by atoms with Crippen LogP contribution in [0.5, 0.6) is 0 Å². The van der Waals surface area contributed by atoms with Crippen LogP contribution in [0.4, 0.5) is 0 Å². The number of aliphatic carboxylic acids is 1. The Balaban J connectivity index is 3.11. The van der Waals surface area contributed by atoms with Gasteiger partial charge in [0.2, 0.25) is 0 Å². The SMILES string of the molecule is CC=CCC(O)CCCCCCCCCCCC(=O)O. The third-order valence-corrected chi connectivity index (χ3v) is 3.57. The first kappa shape index (κ1) is 19.2. The van der Waals surface area contributed by atoms with Gasteiger partial charge in [0.15, 0.2) is 0 Å². The Morgan fingerprint density at radius 1 is 0.950 bits per heavy atom. The largest absolute Gasteiger partial charge is 0.481 e. The molecule has 0 saturated heterocycles. The molecule has 0 spiro atoms. The van der Waals surface area contributed by atoms with Crippen molar-refractivity contribution in [3.05, 3.63) is 12.2 Å². The molecule has 0 bridgehead atoms. The Hall–Kier alpha value is -0.830. The lowest BCUT2D eigenvalue weighted by molar-refractivity contribution is -0.137. The highest BCUT2D eigenvalue weighted by atomic mass is 16.4. The molecule has 118 valence electrons. The van der Waals surface area contributed by atoms with Crippen LogP contribution in [0.2, 0.25) is 0 Å². The highest BCUT2D eigenvalue weighted by Crippen LogP contribution is 2.12. The van der Waals surface area contributed by atoms with Crippen LogP contribution in [-0.2, 0) is 4.79 Å². The van der Waals surface area contributed by atoms with Gasteiger partial charge in [0.05, 0.1) is 6.10 Å². The number of carboxylic acids is 1. The van der Waals surface area contributed by atoms with Crippen LogP contribution >= 0.6 is 0 Å². The van der Waals surface area contributed by atoms with Gasteiger partial charge in [-0.25, -0.2) is 0 Å². The number of rotatable bonds is 14. The first-order valence-electron chi connectivity index (χ1n) is 8.17. The van der Waals surface area contributed by atoms with E-state index in [-0.39, 0.29) is 6.10 Å². The summed E-state index contributed by atoms with van der Waals surface area (Å²) in [7, 11) is 0. The molecule has 3 heteroatoms. The maximum atomic E-state index is 10.3. The van der Waals surface area contributed by atoms with E-state index in [0.717, 1.165) is 38.5 Å². The number of unbranched alkanes of at least 4 members (excludes halogenated alkanes) is 8. The minimum absolute atomic E-state index is 0.166. The minimum Gasteiger partial charge on any atom is -0.481 e. The zero-order valence-corrected chi connectivity index (χ0v) is 13.0. The van der Waals surface area contributed by atoms with Crippen LogP contribution in [0.15, 0.2) is 12.2 Å². The number of hydrogen-bond acceptors (Lipinski definition) is 2. The predicted octanol–water partition coefficient (Wildman–Crippen LogP) is 4.69. The van der Waals surface area contributed by atoms with E-state index in [2.05, 4.69) is 0 Å². The van der Waals surface area contributed by atoms with Crippen LogP contribution < -0.4 is 0 Å². The van der Waals surface area contributed by atoms with Crippen LogP contribution in [0.1, 0.15) is 84.0 Å². The van der Waals surface area contributed by atoms with E-state index in [1.54, 1.807) is 0 Å². The molecular formula is C17H32O3. The average Bonchev–Trinajstić information content (AvgIpc) is 2.42. The number of allylic oxidation sites excluding steroid dienone is 1. The molecule has 20 heavy (non-hydrogen) atoms. The van der Waals surface area contributed by atoms with Crippen LogP contribution in [0.3, 0.4) is 0 Å². The maximum Gasteiger partial charge on any atom is 0.303 e. The first-order valence-corrected chi connectivity index (χ1v) is 8.17. The van der Waals surface area contributed by atoms with Gasteiger partial charge >= 0.3 is 5.97 Å². The van der Waals surface area contributed by atoms with Gasteiger partial charge in [-0.15, -0.1) is 0 Å². The summed E-state index contributed by atoms with van der Waals surface area (Å²) in [6.45, 7) is 1.98. The summed E-state index contributed by atoms with van der Waals surface area (Å²) < 4.78 is 0. The van der Waals surface area contributed by atoms with E-state index in [1.807, 2.05) is 19.1 Å². The van der Waals surface area contributed by atoms with E-state index in [9.17, 15) is 9.90 Å². The van der Waals surface area contributed by atoms with E-state index in [0.29, 0.717) is 6.42 Å². The zero-order valence-electron chi connectivity index (χ0n) is 13.0. The Morgan fingerprint density at radius 2 is 1.45 bits per heavy atom. The number of aliphatic hydroxyl groups is 1. The number of carbonyl (C=O) groups is 1. The van der Waals surface area contributed by atoms with E-state index < -0.39 is 5.97 Å². The van der Waals surface area contributed by atoms with Crippen LogP contribution in [0.25, 0.3) is 0 Å². The fraction of sp³-hybridized carbons (Fsp3) is 0.824. The lowest BCUT2D eigenvalue weighted by Crippen LogP contribution is -2.04. The molecule has 1 unspecified atom stereocenters. The number of aliphatic hydroxyl groups excluding tert-OH is 1. The third-order valence-electron chi connectivity index (χ3n) is 3.57. The van der Waals surface area contributed by atoms with Crippen molar-refractivity contribution in [2.75, 3.05) is 0 Å². The topological polar surface area (TPSA) is 57.5 Å². The summed E-state index contributed by atoms with van der Waals surface area (Å²) in [6, 6.07) is 0. The van der Waals surface area contributed by atoms with Crippen molar-refractivity contribution in [2.45, 2.75) is 90.1 Å². The standard InChI is InChI=1S/C17H32O3/c1-2-3-13-16(18)14-11-9-7-5-4-6-8-10-12-15-17(19)20/h2-3,16,18H,4-15H2,1H3,(H,19,20). The zero-order chi connectivity index (χ0) is 15.1. The molecule has 0 aromatic heterocycles. The second-order valence-corrected chi connectivity index (χ2v) is 5.57. The van der Waals surface area contributed by atoms with Gasteiger partial charge in [-0.05, 0) is 26.2 Å². The summed E-state index contributed by atoms with van der Waals surface area (Å²) in [6.07, 6.45) is 16.2. The molecule has 0 aliphatic rings. The summed E-state index contributed by atoms with van der Waals surface area (Å²) >= 11 is 0. The van der Waals surface area contributed by atoms with Crippen molar-refractivity contribution in [1.82, 2.24) is 0 Å². The van der Waals surface area contributed by atoms with Gasteiger partial charge in [0, 0.05) is 6.42 Å². The Kier molecular flexibility index (Phi) is 14.0. The van der Waals surface area contributed by atoms with Gasteiger partial charge < -0.3 is 10.2 Å². The van der Waals surface area contributed by atoms with Gasteiger partial charge in [-0.2, -0.15) is 0 Å². The average molecular weight is 284 g/mol. The van der Waals surface area contributed by atoms with Crippen molar-refractivity contribution in [3.8, 4) is 0 Å². The summed E-state index contributed by atoms with van der Waals surface area (Å²) in [4.78, 5) is 10.3. The van der Waals surface area contributed by atoms with Crippen molar-refractivity contribution < 1.29 is 15.0 Å². The minimum atomic E-state index is -0.679. The van der Waals surface area contributed by atoms with Crippen LogP contribution in [-0.4, -0.2) is 22.3 Å². The molecule has 0 aromatic rings. The van der Waals surface area contributed by atoms with E-state index in [1.165, 1.54) is 32.1 Å². The fourth-order valence-corrected chi connectivity index (χ4v) is 2.30. The highest BCUT2D eigenvalue weighted by molar-refractivity contribution is 5.66. The fourth-order valence-electron chi connectivity index (χ4n) is 2.30. The van der Waals surface area contributed by atoms with Crippen molar-refractivity contribution in [2.24, 2.45) is 0 Å². The molecule has 3 nitrogen and oxygen atoms in total. The molecule has 0 amide bonds. The normalized spacial score (nSPS) is 12.9. The number of hydrogen-bond donors (Lipinski definition) is 2. The number of carboxylic acid groups (broad SMARTS) is 1. The molecule has 0 aliphatic carbocycles. The lowest BCUT2D eigenvalue weighted by Gasteiger charge is -2.07. The molecule has 0 heterocycles. The molecule has 1 atom stereocenters. The van der Waals surface area contributed by atoms with Crippen molar-refractivity contribution >= 4 is 5.97 Å². The maximum absolute atomic E-state index is 10.3. The molecule has 0 fully saturated rings. The van der Waals surface area contributed by atoms with Crippen molar-refractivity contribution in [1.29, 1.82) is 0 Å². The highest BCUT2D eigenvalue weighted by Gasteiger charge is 2.01. The quantitative estimate of drug-likeness (QED) is 0.359. The van der Waals surface area contributed by atoms with Gasteiger partial charge in [0.1, 0.15) is 0 Å². The van der Waals surface area contributed by atoms with Gasteiger partial charge in [-0.3, -0.25) is 4.79 Å². The lowest BCUT2D eigenvalue weighted by atomic mass is 10.0. The van der Waals surface area contributed by atoms with Crippen molar-refractivity contribution in [3.63, 3.8) is 0 Å². The second kappa shape index (κ2) is 14.6. The Morgan fingerprint density at radius 3 is 1.95 bits per heavy atom. The Labute approximate surface area is 124 Å². The second-order valence-electron chi connectivity index (χ2n) is 5.57. The summed E-state index contributed by atoms with van der Waals surface area (Å²) in [5.74, 6) is -0.679. The molecule has 0 aliphatic heterocycles. The third kappa shape index (κ3) is 15.2. The Bertz CT molecular complexity index is 249. The van der Waals surface area contributed by atoms with Gasteiger partial charge in [0.25, 0.3) is 0 Å². The smallest absolute Gasteiger partial charge is 0.303 e. The summed E-state index contributed by atoms with van der Waals surface area (Å²) in [5, 5.41) is 18.2. The predicted molar refractivity (Wildman–Crippen MR) is 83.9 cm³/mol. The first-order chi connectivity index (χ1) is 9.66. The molecule has 0 aromatic carbocycles. The van der Waals surface area contributed by atoms with E-state index in [4.69, 9.17) is 5.11 Å². The molecule has 0 radical (unpaired) electrons. The monoisotopic (exact) mass is 284 g/mol. The molecular weight excluding hydrogens is 252 g/mol. The summed E-state index contributed by atoms with van der Waals surface area (Å²) in [5.41, 5.74) is 0. The van der Waals surface area contributed by atoms with E-state index >= 15 is 0 Å². The molecule has 0 rings (SSSR count). The molecule has 2 N–H and O–H groups in total.